The van der Waals surface area contributed by atoms with E-state index in [1.54, 1.807) is 25.1 Å². The van der Waals surface area contributed by atoms with Gasteiger partial charge < -0.3 is 19.5 Å². The van der Waals surface area contributed by atoms with E-state index in [4.69, 9.17) is 14.2 Å². The van der Waals surface area contributed by atoms with E-state index in [0.717, 1.165) is 16.4 Å². The van der Waals surface area contributed by atoms with Crippen LogP contribution >= 0.6 is 0 Å². The van der Waals surface area contributed by atoms with Gasteiger partial charge in [-0.15, -0.1) is 0 Å². The number of nitrogens with one attached hydrogen (secondary N) is 1. The molecule has 2 aromatic rings. The third-order valence-electron chi connectivity index (χ3n) is 4.10. The van der Waals surface area contributed by atoms with Crippen LogP contribution in [-0.2, 0) is 14.8 Å². The largest absolute Gasteiger partial charge is 0.497 e. The lowest BCUT2D eigenvalue weighted by molar-refractivity contribution is -0.116. The van der Waals surface area contributed by atoms with E-state index in [9.17, 15) is 17.6 Å². The lowest BCUT2D eigenvalue weighted by Gasteiger charge is -2.21. The topological polar surface area (TPSA) is 94.2 Å². The first-order valence-corrected chi connectivity index (χ1v) is 10.1. The van der Waals surface area contributed by atoms with Crippen LogP contribution in [0, 0.1) is 5.82 Å². The Morgan fingerprint density at radius 3 is 2.28 bits per heavy atom. The number of carbonyl (C=O) groups is 1. The fourth-order valence-corrected chi connectivity index (χ4v) is 4.19. The van der Waals surface area contributed by atoms with E-state index >= 15 is 0 Å². The first kappa shape index (κ1) is 22.4. The van der Waals surface area contributed by atoms with Crippen molar-refractivity contribution in [3.63, 3.8) is 0 Å². The number of anilines is 1. The van der Waals surface area contributed by atoms with Crippen LogP contribution in [0.4, 0.5) is 10.1 Å². The van der Waals surface area contributed by atoms with Crippen LogP contribution < -0.4 is 19.5 Å². The monoisotopic (exact) mass is 426 g/mol. The summed E-state index contributed by atoms with van der Waals surface area (Å²) in [7, 11) is 0.0197. The minimum atomic E-state index is -4.18. The minimum Gasteiger partial charge on any atom is -0.497 e. The van der Waals surface area contributed by atoms with Crippen molar-refractivity contribution in [2.24, 2.45) is 0 Å². The Hall–Kier alpha value is -2.85. The SMILES string of the molecule is CCN(CC(=O)Nc1cc(OC)ccc1OC)S(=O)(=O)c1cc(F)ccc1OC. The summed E-state index contributed by atoms with van der Waals surface area (Å²) in [4.78, 5) is 12.2. The Morgan fingerprint density at radius 1 is 1.03 bits per heavy atom. The Morgan fingerprint density at radius 2 is 1.69 bits per heavy atom. The highest BCUT2D eigenvalue weighted by molar-refractivity contribution is 7.89. The van der Waals surface area contributed by atoms with Gasteiger partial charge in [0.25, 0.3) is 0 Å². The fraction of sp³-hybridized carbons (Fsp3) is 0.316. The smallest absolute Gasteiger partial charge is 0.247 e. The van der Waals surface area contributed by atoms with E-state index in [0.29, 0.717) is 17.2 Å². The molecule has 29 heavy (non-hydrogen) atoms. The second kappa shape index (κ2) is 9.57. The molecule has 158 valence electrons. The number of hydrogen-bond acceptors (Lipinski definition) is 6. The van der Waals surface area contributed by atoms with E-state index in [1.807, 2.05) is 0 Å². The fourth-order valence-electron chi connectivity index (χ4n) is 2.62. The molecule has 0 spiro atoms. The van der Waals surface area contributed by atoms with Gasteiger partial charge in [-0.05, 0) is 30.3 Å². The van der Waals surface area contributed by atoms with Gasteiger partial charge in [0.05, 0.1) is 33.6 Å². The average Bonchev–Trinajstić information content (AvgIpc) is 2.71. The summed E-state index contributed by atoms with van der Waals surface area (Å²) in [6.45, 7) is 1.08. The summed E-state index contributed by atoms with van der Waals surface area (Å²) >= 11 is 0. The summed E-state index contributed by atoms with van der Waals surface area (Å²) in [5.41, 5.74) is 0.327. The summed E-state index contributed by atoms with van der Waals surface area (Å²) in [6, 6.07) is 8.00. The summed E-state index contributed by atoms with van der Waals surface area (Å²) in [5, 5.41) is 2.61. The van der Waals surface area contributed by atoms with E-state index in [2.05, 4.69) is 5.32 Å². The van der Waals surface area contributed by atoms with Gasteiger partial charge in [0.1, 0.15) is 28.0 Å². The molecule has 2 aromatic carbocycles. The molecular formula is C19H23FN2O6S. The molecule has 0 unspecified atom stereocenters. The van der Waals surface area contributed by atoms with Crippen molar-refractivity contribution in [2.75, 3.05) is 39.7 Å². The van der Waals surface area contributed by atoms with Crippen LogP contribution in [0.2, 0.25) is 0 Å². The van der Waals surface area contributed by atoms with E-state index < -0.39 is 28.3 Å². The molecule has 0 aliphatic carbocycles. The summed E-state index contributed by atoms with van der Waals surface area (Å²) < 4.78 is 55.8. The Bertz CT molecular complexity index is 981. The van der Waals surface area contributed by atoms with Crippen LogP contribution in [0.25, 0.3) is 0 Å². The zero-order chi connectivity index (χ0) is 21.6. The lowest BCUT2D eigenvalue weighted by Crippen LogP contribution is -2.38. The number of likely N-dealkylation sites (N-methyl/N-ethyl adjacent to an activating group) is 1. The minimum absolute atomic E-state index is 0.00926. The number of sulfonamides is 1. The summed E-state index contributed by atoms with van der Waals surface area (Å²) in [5.74, 6) is -0.467. The first-order valence-electron chi connectivity index (χ1n) is 8.62. The maximum Gasteiger partial charge on any atom is 0.247 e. The molecular weight excluding hydrogens is 403 g/mol. The van der Waals surface area contributed by atoms with Crippen molar-refractivity contribution < 1.29 is 31.8 Å². The van der Waals surface area contributed by atoms with E-state index in [1.165, 1.54) is 27.4 Å². The van der Waals surface area contributed by atoms with Crippen molar-refractivity contribution in [1.29, 1.82) is 0 Å². The first-order chi connectivity index (χ1) is 13.8. The van der Waals surface area contributed by atoms with Crippen LogP contribution in [0.15, 0.2) is 41.3 Å². The van der Waals surface area contributed by atoms with Gasteiger partial charge in [0, 0.05) is 12.6 Å². The highest BCUT2D eigenvalue weighted by Gasteiger charge is 2.29. The van der Waals surface area contributed by atoms with Gasteiger partial charge in [-0.2, -0.15) is 4.31 Å². The summed E-state index contributed by atoms with van der Waals surface area (Å²) in [6.07, 6.45) is 0. The molecule has 0 fully saturated rings. The molecule has 0 radical (unpaired) electrons. The number of nitrogens with zero attached hydrogens (tertiary/aromatic N) is 1. The Kier molecular flexibility index (Phi) is 7.40. The number of ether oxygens (including phenoxy) is 3. The number of hydrogen-bond donors (Lipinski definition) is 1. The van der Waals surface area contributed by atoms with Crippen molar-refractivity contribution in [3.05, 3.63) is 42.2 Å². The highest BCUT2D eigenvalue weighted by atomic mass is 32.2. The quantitative estimate of drug-likeness (QED) is 0.662. The molecule has 0 aliphatic heterocycles. The average molecular weight is 426 g/mol. The van der Waals surface area contributed by atoms with Gasteiger partial charge in [-0.25, -0.2) is 12.8 Å². The number of carbonyl (C=O) groups excluding carboxylic acids is 1. The second-order valence-corrected chi connectivity index (χ2v) is 7.75. The zero-order valence-electron chi connectivity index (χ0n) is 16.6. The maximum atomic E-state index is 13.6. The maximum absolute atomic E-state index is 13.6. The molecule has 0 saturated heterocycles. The Balaban J connectivity index is 2.28. The van der Waals surface area contributed by atoms with Gasteiger partial charge in [-0.3, -0.25) is 4.79 Å². The van der Waals surface area contributed by atoms with Gasteiger partial charge in [-0.1, -0.05) is 6.92 Å². The molecule has 8 nitrogen and oxygen atoms in total. The zero-order valence-corrected chi connectivity index (χ0v) is 17.4. The second-order valence-electron chi connectivity index (χ2n) is 5.84. The number of benzene rings is 2. The van der Waals surface area contributed by atoms with Gasteiger partial charge in [0.15, 0.2) is 0 Å². The number of amides is 1. The normalized spacial score (nSPS) is 11.2. The molecule has 1 N–H and O–H groups in total. The van der Waals surface area contributed by atoms with Crippen LogP contribution in [0.3, 0.4) is 0 Å². The lowest BCUT2D eigenvalue weighted by atomic mass is 10.2. The predicted molar refractivity (Wildman–Crippen MR) is 106 cm³/mol. The Labute approximate surface area is 169 Å². The van der Waals surface area contributed by atoms with Gasteiger partial charge >= 0.3 is 0 Å². The van der Waals surface area contributed by atoms with Crippen molar-refractivity contribution >= 4 is 21.6 Å². The molecule has 2 rings (SSSR count). The number of rotatable bonds is 9. The molecule has 0 heterocycles. The molecule has 0 atom stereocenters. The number of methoxy groups -OCH3 is 3. The van der Waals surface area contributed by atoms with Crippen LogP contribution in [0.1, 0.15) is 6.92 Å². The molecule has 10 heteroatoms. The molecule has 1 amide bonds. The van der Waals surface area contributed by atoms with Crippen molar-refractivity contribution in [1.82, 2.24) is 4.31 Å². The van der Waals surface area contributed by atoms with E-state index in [-0.39, 0.29) is 17.2 Å². The van der Waals surface area contributed by atoms with Crippen molar-refractivity contribution in [3.8, 4) is 17.2 Å². The third-order valence-corrected chi connectivity index (χ3v) is 6.04. The van der Waals surface area contributed by atoms with Gasteiger partial charge in [0.2, 0.25) is 15.9 Å². The molecule has 0 aromatic heterocycles. The molecule has 0 bridgehead atoms. The highest BCUT2D eigenvalue weighted by Crippen LogP contribution is 2.30. The third kappa shape index (κ3) is 5.15. The molecule has 0 saturated carbocycles. The van der Waals surface area contributed by atoms with Crippen LogP contribution in [0.5, 0.6) is 17.2 Å². The number of halogens is 1. The standard InChI is InChI=1S/C19H23FN2O6S/c1-5-22(29(24,25)18-10-13(20)6-8-17(18)28-4)12-19(23)21-15-11-14(26-2)7-9-16(15)27-3/h6-11H,5,12H2,1-4H3,(H,21,23). The predicted octanol–water partition coefficient (Wildman–Crippen LogP) is 2.50. The molecule has 0 aliphatic rings. The van der Waals surface area contributed by atoms with Crippen molar-refractivity contribution in [2.45, 2.75) is 11.8 Å². The van der Waals surface area contributed by atoms with Crippen LogP contribution in [-0.4, -0.2) is 53.0 Å².